The van der Waals surface area contributed by atoms with Crippen molar-refractivity contribution in [2.24, 2.45) is 11.5 Å². The van der Waals surface area contributed by atoms with E-state index < -0.39 is 31.3 Å². The van der Waals surface area contributed by atoms with Gasteiger partial charge in [-0.25, -0.2) is 9.97 Å². The van der Waals surface area contributed by atoms with Crippen LogP contribution in [-0.2, 0) is 17.5 Å². The summed E-state index contributed by atoms with van der Waals surface area (Å²) in [4.78, 5) is 31.4. The van der Waals surface area contributed by atoms with E-state index in [9.17, 15) is 14.7 Å². The zero-order valence-electron chi connectivity index (χ0n) is 33.2. The highest BCUT2D eigenvalue weighted by atomic mass is 79.9. The van der Waals surface area contributed by atoms with E-state index in [1.54, 1.807) is 26.2 Å². The van der Waals surface area contributed by atoms with E-state index in [4.69, 9.17) is 36.9 Å². The quantitative estimate of drug-likeness (QED) is 0.138. The Morgan fingerprint density at radius 1 is 0.893 bits per heavy atom. The van der Waals surface area contributed by atoms with Gasteiger partial charge in [-0.3, -0.25) is 9.59 Å². The van der Waals surface area contributed by atoms with Crippen LogP contribution in [0.4, 0.5) is 0 Å². The number of rotatable bonds is 6. The number of nitrogens with two attached hydrogens (primary N) is 2. The average molecular weight is 848 g/mol. The minimum absolute atomic E-state index is 0.0548. The summed E-state index contributed by atoms with van der Waals surface area (Å²) in [6.45, 7) is 18.2. The second-order valence-electron chi connectivity index (χ2n) is 15.4. The number of carbonyl (C=O) groups excluding carboxylic acids is 2. The minimum Gasteiger partial charge on any atom is -0.491 e. The number of aliphatic hydroxyl groups is 2. The van der Waals surface area contributed by atoms with Crippen LogP contribution < -0.4 is 20.9 Å². The van der Waals surface area contributed by atoms with Gasteiger partial charge in [-0.15, -0.1) is 6.42 Å². The van der Waals surface area contributed by atoms with E-state index in [2.05, 4.69) is 77.5 Å². The molecular weight excluding hydrogens is 796 g/mol. The van der Waals surface area contributed by atoms with Crippen molar-refractivity contribution in [2.45, 2.75) is 90.4 Å². The van der Waals surface area contributed by atoms with Crippen molar-refractivity contribution >= 4 is 36.1 Å². The van der Waals surface area contributed by atoms with Gasteiger partial charge < -0.3 is 44.7 Å². The van der Waals surface area contributed by atoms with Crippen LogP contribution in [0.15, 0.2) is 53.3 Å². The highest BCUT2D eigenvalue weighted by molar-refractivity contribution is 9.10. The Kier molecular flexibility index (Phi) is 13.7. The van der Waals surface area contributed by atoms with Crippen LogP contribution in [0.2, 0.25) is 18.1 Å². The second kappa shape index (κ2) is 17.5. The highest BCUT2D eigenvalue weighted by Gasteiger charge is 2.38. The lowest BCUT2D eigenvalue weighted by atomic mass is 10.1. The lowest BCUT2D eigenvalue weighted by Crippen LogP contribution is -2.45. The molecule has 13 nitrogen and oxygen atoms in total. The number of halogens is 1. The summed E-state index contributed by atoms with van der Waals surface area (Å²) in [7, 11) is -1.99. The zero-order valence-corrected chi connectivity index (χ0v) is 35.8. The monoisotopic (exact) mass is 846 g/mol. The first-order valence-corrected chi connectivity index (χ1v) is 21.8. The highest BCUT2D eigenvalue weighted by Crippen LogP contribution is 2.37. The first kappa shape index (κ1) is 43.8. The number of benzene rings is 2. The number of nitrogens with zero attached hydrogens (tertiary/aromatic N) is 4. The summed E-state index contributed by atoms with van der Waals surface area (Å²) < 4.78 is 22.3. The molecule has 2 amide bonds. The van der Waals surface area contributed by atoms with E-state index >= 15 is 0 Å². The van der Waals surface area contributed by atoms with Gasteiger partial charge in [-0.05, 0) is 74.8 Å². The molecule has 0 radical (unpaired) electrons. The molecule has 2 aromatic carbocycles. The molecule has 2 aliphatic rings. The van der Waals surface area contributed by atoms with Gasteiger partial charge in [0.2, 0.25) is 0 Å². The predicted octanol–water partition coefficient (Wildman–Crippen LogP) is 5.75. The first-order valence-electron chi connectivity index (χ1n) is 18.1. The number of fused-ring (bicyclic) bond motifs is 6. The molecule has 2 aromatic heterocycles. The number of primary amides is 2. The standard InChI is InChI=1S/C23H31N3O4Si.C12H10BrN3O2.C6H10O/c1-22(2,3)31(5,6)30-15-23(4,28)10-9-16-7-8-19-17(13-16)21-25-18(20(24)27)14-26(21)11-12-29-19;13-7-1-2-10-8(5-7)12-15-9(11(14)17)6-16(12)3-4-18-10;1-4-6(3,7)5-2/h7-8,13-14,28H,11-12,15H2,1-6H3,(H2,24,27);1-2,5-6H,3-4H2,(H2,14,17);1,7H,5H2,2-3H3. The minimum atomic E-state index is -1.99. The Bertz CT molecular complexity index is 2180. The maximum Gasteiger partial charge on any atom is 0.268 e. The van der Waals surface area contributed by atoms with Gasteiger partial charge in [-0.2, -0.15) is 0 Å². The summed E-state index contributed by atoms with van der Waals surface area (Å²) in [5.41, 5.74) is 11.3. The molecule has 6 rings (SSSR count). The van der Waals surface area contributed by atoms with Gasteiger partial charge in [0.1, 0.15) is 59.0 Å². The number of imidazole rings is 2. The van der Waals surface area contributed by atoms with E-state index in [-0.39, 0.29) is 23.0 Å². The van der Waals surface area contributed by atoms with Crippen molar-refractivity contribution in [1.29, 1.82) is 0 Å². The van der Waals surface area contributed by atoms with Gasteiger partial charge in [0.25, 0.3) is 11.8 Å². The van der Waals surface area contributed by atoms with Crippen LogP contribution >= 0.6 is 15.9 Å². The lowest BCUT2D eigenvalue weighted by Gasteiger charge is -2.37. The Balaban J connectivity index is 0.000000232. The Morgan fingerprint density at radius 2 is 1.39 bits per heavy atom. The summed E-state index contributed by atoms with van der Waals surface area (Å²) in [6, 6.07) is 11.2. The fourth-order valence-corrected chi connectivity index (χ4v) is 6.38. The van der Waals surface area contributed by atoms with Gasteiger partial charge in [-0.1, -0.05) is 61.4 Å². The third kappa shape index (κ3) is 11.1. The maximum absolute atomic E-state index is 11.5. The Labute approximate surface area is 338 Å². The Hall–Kier alpha value is -4.90. The summed E-state index contributed by atoms with van der Waals surface area (Å²) in [5.74, 6) is 9.87. The summed E-state index contributed by atoms with van der Waals surface area (Å²) in [6.07, 6.45) is 8.83. The van der Waals surface area contributed by atoms with E-state index in [1.165, 1.54) is 0 Å². The van der Waals surface area contributed by atoms with Crippen LogP contribution in [0.1, 0.15) is 74.5 Å². The normalized spacial score (nSPS) is 15.0. The van der Waals surface area contributed by atoms with Crippen LogP contribution in [0.5, 0.6) is 11.5 Å². The fraction of sp³-hybridized carbons (Fsp3) is 0.415. The first-order chi connectivity index (χ1) is 26.1. The number of terminal acetylenes is 1. The van der Waals surface area contributed by atoms with Crippen molar-refractivity contribution in [3.63, 3.8) is 0 Å². The molecule has 0 aliphatic carbocycles. The van der Waals surface area contributed by atoms with Crippen molar-refractivity contribution in [3.8, 4) is 58.5 Å². The van der Waals surface area contributed by atoms with Crippen LogP contribution in [0.25, 0.3) is 22.8 Å². The van der Waals surface area contributed by atoms with Crippen LogP contribution in [-0.4, -0.2) is 80.5 Å². The number of aromatic nitrogens is 4. The topological polar surface area (TPSA) is 190 Å². The number of ether oxygens (including phenoxy) is 2. The number of amides is 2. The van der Waals surface area contributed by atoms with E-state index in [1.807, 2.05) is 52.5 Å². The molecule has 298 valence electrons. The van der Waals surface area contributed by atoms with E-state index in [0.717, 1.165) is 21.3 Å². The number of hydrogen-bond donors (Lipinski definition) is 4. The van der Waals surface area contributed by atoms with Gasteiger partial charge in [0.15, 0.2) is 8.32 Å². The molecule has 0 saturated heterocycles. The molecule has 0 fully saturated rings. The number of hydrogen-bond acceptors (Lipinski definition) is 9. The summed E-state index contributed by atoms with van der Waals surface area (Å²) >= 11 is 3.42. The molecule has 2 aliphatic heterocycles. The average Bonchev–Trinajstić information content (AvgIpc) is 3.68. The molecule has 56 heavy (non-hydrogen) atoms. The third-order valence-corrected chi connectivity index (χ3v) is 14.6. The summed E-state index contributed by atoms with van der Waals surface area (Å²) in [5, 5.41) is 19.7. The molecule has 6 N–H and O–H groups in total. The fourth-order valence-electron chi connectivity index (χ4n) is 4.94. The van der Waals surface area contributed by atoms with Crippen molar-refractivity contribution < 1.29 is 33.7 Å². The van der Waals surface area contributed by atoms with Crippen molar-refractivity contribution in [2.75, 3.05) is 19.8 Å². The lowest BCUT2D eigenvalue weighted by molar-refractivity contribution is 0.0567. The van der Waals surface area contributed by atoms with Crippen LogP contribution in [0.3, 0.4) is 0 Å². The molecule has 4 heterocycles. The Morgan fingerprint density at radius 3 is 1.84 bits per heavy atom. The van der Waals surface area contributed by atoms with Crippen LogP contribution in [0, 0.1) is 24.2 Å². The molecule has 0 spiro atoms. The van der Waals surface area contributed by atoms with Gasteiger partial charge in [0.05, 0.1) is 30.8 Å². The molecule has 15 heteroatoms. The maximum atomic E-state index is 11.5. The van der Waals surface area contributed by atoms with Crippen molar-refractivity contribution in [3.05, 3.63) is 70.2 Å². The van der Waals surface area contributed by atoms with Gasteiger partial charge in [0, 0.05) is 22.4 Å². The molecule has 2 atom stereocenters. The largest absolute Gasteiger partial charge is 0.491 e. The third-order valence-electron chi connectivity index (χ3n) is 9.64. The smallest absolute Gasteiger partial charge is 0.268 e. The molecular formula is C41H51BrN6O7Si. The predicted molar refractivity (Wildman–Crippen MR) is 221 cm³/mol. The molecule has 0 saturated carbocycles. The van der Waals surface area contributed by atoms with Gasteiger partial charge >= 0.3 is 0 Å². The SMILES string of the molecule is C#CC(C)(O)CC.CC(O)(C#Cc1ccc2c(c1)-c1nc(C(N)=O)cn1CCO2)CO[Si](C)(C)C(C)(C)C.NC(=O)c1cn2c(n1)-c1cc(Br)ccc1OCC2. The second-order valence-corrected chi connectivity index (χ2v) is 21.1. The molecule has 4 aromatic rings. The van der Waals surface area contributed by atoms with E-state index in [0.29, 0.717) is 55.7 Å². The molecule has 2 unspecified atom stereocenters. The van der Waals surface area contributed by atoms with Crippen molar-refractivity contribution in [1.82, 2.24) is 19.1 Å². The zero-order chi connectivity index (χ0) is 41.6. The number of carbonyl (C=O) groups is 2. The molecule has 0 bridgehead atoms.